The van der Waals surface area contributed by atoms with Crippen molar-refractivity contribution in [1.29, 1.82) is 0 Å². The van der Waals surface area contributed by atoms with Gasteiger partial charge in [0, 0.05) is 0 Å². The van der Waals surface area contributed by atoms with Gasteiger partial charge in [-0.25, -0.2) is 4.39 Å². The minimum Gasteiger partial charge on any atom is -0.481 e. The lowest BCUT2D eigenvalue weighted by atomic mass is 9.70. The summed E-state index contributed by atoms with van der Waals surface area (Å²) in [7, 11) is 0. The summed E-state index contributed by atoms with van der Waals surface area (Å²) in [6, 6.07) is 2.62. The Morgan fingerprint density at radius 3 is 2.33 bits per heavy atom. The summed E-state index contributed by atoms with van der Waals surface area (Å²) in [5.41, 5.74) is -1.00. The maximum absolute atomic E-state index is 13.3. The van der Waals surface area contributed by atoms with E-state index in [0.29, 0.717) is 24.5 Å². The highest BCUT2D eigenvalue weighted by Gasteiger charge is 2.39. The predicted octanol–water partition coefficient (Wildman–Crippen LogP) is 3.42. The van der Waals surface area contributed by atoms with E-state index in [2.05, 4.69) is 0 Å². The molecule has 0 bridgehead atoms. The molecule has 1 saturated carbocycles. The Morgan fingerprint density at radius 2 is 1.94 bits per heavy atom. The highest BCUT2D eigenvalue weighted by atomic mass is 19.4. The number of aliphatic carboxylic acids is 1. The lowest BCUT2D eigenvalue weighted by Crippen LogP contribution is -2.31. The first kappa shape index (κ1) is 12.9. The maximum atomic E-state index is 13.3. The molecule has 0 aromatic heterocycles. The molecule has 0 heterocycles. The summed E-state index contributed by atoms with van der Waals surface area (Å²) < 4.78 is 50.4. The average Bonchev–Trinajstić information content (AvgIpc) is 2.12. The number of hydrogen-bond acceptors (Lipinski definition) is 1. The van der Waals surface area contributed by atoms with Crippen LogP contribution in [0.1, 0.15) is 29.9 Å². The Labute approximate surface area is 100 Å². The fourth-order valence-electron chi connectivity index (χ4n) is 2.19. The van der Waals surface area contributed by atoms with Crippen LogP contribution in [0.4, 0.5) is 17.6 Å². The largest absolute Gasteiger partial charge is 0.481 e. The Bertz CT molecular complexity index is 481. The number of alkyl halides is 3. The van der Waals surface area contributed by atoms with Crippen molar-refractivity contribution in [3.63, 3.8) is 0 Å². The Balaban J connectivity index is 2.27. The first-order valence-electron chi connectivity index (χ1n) is 5.40. The molecule has 1 N–H and O–H groups in total. The quantitative estimate of drug-likeness (QED) is 0.829. The van der Waals surface area contributed by atoms with Crippen molar-refractivity contribution in [3.8, 4) is 0 Å². The summed E-state index contributed by atoms with van der Waals surface area (Å²) in [6.07, 6.45) is -3.70. The Hall–Kier alpha value is -1.59. The molecular formula is C12H10F4O2. The second-order valence-corrected chi connectivity index (χ2v) is 4.37. The number of benzene rings is 1. The van der Waals surface area contributed by atoms with Gasteiger partial charge in [-0.3, -0.25) is 4.79 Å². The van der Waals surface area contributed by atoms with Crippen molar-refractivity contribution in [1.82, 2.24) is 0 Å². The van der Waals surface area contributed by atoms with Crippen LogP contribution in [-0.2, 0) is 11.0 Å². The molecule has 6 heteroatoms. The van der Waals surface area contributed by atoms with E-state index in [1.165, 1.54) is 0 Å². The van der Waals surface area contributed by atoms with Crippen molar-refractivity contribution in [2.75, 3.05) is 0 Å². The highest BCUT2D eigenvalue weighted by molar-refractivity contribution is 5.72. The summed E-state index contributed by atoms with van der Waals surface area (Å²) >= 11 is 0. The van der Waals surface area contributed by atoms with Crippen LogP contribution in [0.2, 0.25) is 0 Å². The van der Waals surface area contributed by atoms with Crippen LogP contribution in [0.15, 0.2) is 18.2 Å². The zero-order chi connectivity index (χ0) is 13.5. The second-order valence-electron chi connectivity index (χ2n) is 4.37. The highest BCUT2D eigenvalue weighted by Crippen LogP contribution is 2.43. The number of carbonyl (C=O) groups is 1. The summed E-state index contributed by atoms with van der Waals surface area (Å²) in [5.74, 6) is -3.36. The molecule has 1 aliphatic rings. The van der Waals surface area contributed by atoms with E-state index in [1.54, 1.807) is 0 Å². The van der Waals surface area contributed by atoms with E-state index >= 15 is 0 Å². The molecule has 0 saturated heterocycles. The van der Waals surface area contributed by atoms with Crippen LogP contribution < -0.4 is 0 Å². The van der Waals surface area contributed by atoms with Crippen molar-refractivity contribution in [3.05, 3.63) is 35.1 Å². The smallest absolute Gasteiger partial charge is 0.419 e. The summed E-state index contributed by atoms with van der Waals surface area (Å²) in [5, 5.41) is 8.84. The molecule has 2 atom stereocenters. The van der Waals surface area contributed by atoms with Gasteiger partial charge in [0.05, 0.1) is 11.5 Å². The van der Waals surface area contributed by atoms with Crippen LogP contribution in [0.25, 0.3) is 0 Å². The third-order valence-corrected chi connectivity index (χ3v) is 3.32. The molecule has 0 radical (unpaired) electrons. The van der Waals surface area contributed by atoms with Crippen molar-refractivity contribution < 1.29 is 27.5 Å². The molecule has 0 amide bonds. The molecule has 1 fully saturated rings. The fourth-order valence-corrected chi connectivity index (χ4v) is 2.19. The van der Waals surface area contributed by atoms with E-state index in [0.717, 1.165) is 12.1 Å². The third kappa shape index (κ3) is 2.19. The van der Waals surface area contributed by atoms with Crippen LogP contribution in [0.3, 0.4) is 0 Å². The van der Waals surface area contributed by atoms with Gasteiger partial charge in [0.1, 0.15) is 5.82 Å². The van der Waals surface area contributed by atoms with Crippen LogP contribution >= 0.6 is 0 Å². The Kier molecular flexibility index (Phi) is 3.04. The van der Waals surface area contributed by atoms with E-state index in [1.807, 2.05) is 0 Å². The standard InChI is InChI=1S/C12H10F4O2/c13-10-5-6(1-4-9(10)12(14,15)16)7-2-3-8(7)11(17)18/h1,4-5,7-8H,2-3H2,(H,17,18). The predicted molar refractivity (Wildman–Crippen MR) is 54.5 cm³/mol. The molecule has 2 unspecified atom stereocenters. The molecule has 1 aromatic rings. The molecule has 2 rings (SSSR count). The zero-order valence-corrected chi connectivity index (χ0v) is 9.17. The van der Waals surface area contributed by atoms with E-state index in [4.69, 9.17) is 5.11 Å². The molecule has 0 spiro atoms. The second kappa shape index (κ2) is 4.26. The lowest BCUT2D eigenvalue weighted by Gasteiger charge is -2.33. The normalized spacial score (nSPS) is 23.6. The first-order chi connectivity index (χ1) is 8.30. The van der Waals surface area contributed by atoms with E-state index in [9.17, 15) is 22.4 Å². The molecule has 98 valence electrons. The van der Waals surface area contributed by atoms with Gasteiger partial charge in [0.15, 0.2) is 0 Å². The van der Waals surface area contributed by atoms with Gasteiger partial charge in [-0.2, -0.15) is 13.2 Å². The molecule has 0 aliphatic heterocycles. The van der Waals surface area contributed by atoms with Gasteiger partial charge in [0.25, 0.3) is 0 Å². The van der Waals surface area contributed by atoms with Crippen LogP contribution in [0, 0.1) is 11.7 Å². The SMILES string of the molecule is O=C(O)C1CCC1c1ccc(C(F)(F)F)c(F)c1. The molecule has 1 aromatic carbocycles. The van der Waals surface area contributed by atoms with Gasteiger partial charge >= 0.3 is 12.1 Å². The maximum Gasteiger partial charge on any atom is 0.419 e. The Morgan fingerprint density at radius 1 is 1.28 bits per heavy atom. The number of halogens is 4. The number of carboxylic acids is 1. The fraction of sp³-hybridized carbons (Fsp3) is 0.417. The first-order valence-corrected chi connectivity index (χ1v) is 5.40. The zero-order valence-electron chi connectivity index (χ0n) is 9.17. The van der Waals surface area contributed by atoms with Crippen molar-refractivity contribution in [2.45, 2.75) is 24.9 Å². The van der Waals surface area contributed by atoms with E-state index in [-0.39, 0.29) is 5.92 Å². The number of rotatable bonds is 2. The number of carboxylic acid groups (broad SMARTS) is 1. The topological polar surface area (TPSA) is 37.3 Å². The number of hydrogen-bond donors (Lipinski definition) is 1. The lowest BCUT2D eigenvalue weighted by molar-refractivity contribution is -0.145. The molecule has 18 heavy (non-hydrogen) atoms. The molecular weight excluding hydrogens is 252 g/mol. The van der Waals surface area contributed by atoms with Gasteiger partial charge in [-0.05, 0) is 36.5 Å². The minimum absolute atomic E-state index is 0.319. The molecule has 2 nitrogen and oxygen atoms in total. The van der Waals surface area contributed by atoms with E-state index < -0.39 is 29.4 Å². The monoisotopic (exact) mass is 262 g/mol. The van der Waals surface area contributed by atoms with Gasteiger partial charge in [0.2, 0.25) is 0 Å². The summed E-state index contributed by atoms with van der Waals surface area (Å²) in [4.78, 5) is 10.8. The summed E-state index contributed by atoms with van der Waals surface area (Å²) in [6.45, 7) is 0. The minimum atomic E-state index is -4.73. The average molecular weight is 262 g/mol. The van der Waals surface area contributed by atoms with Gasteiger partial charge < -0.3 is 5.11 Å². The van der Waals surface area contributed by atoms with Gasteiger partial charge in [-0.1, -0.05) is 6.07 Å². The third-order valence-electron chi connectivity index (χ3n) is 3.32. The van der Waals surface area contributed by atoms with Crippen molar-refractivity contribution >= 4 is 5.97 Å². The van der Waals surface area contributed by atoms with Crippen LogP contribution in [-0.4, -0.2) is 11.1 Å². The van der Waals surface area contributed by atoms with Gasteiger partial charge in [-0.15, -0.1) is 0 Å². The van der Waals surface area contributed by atoms with Crippen LogP contribution in [0.5, 0.6) is 0 Å². The van der Waals surface area contributed by atoms with Crippen molar-refractivity contribution in [2.24, 2.45) is 5.92 Å². The molecule has 1 aliphatic carbocycles.